The molecule has 0 aromatic heterocycles. The average Bonchev–Trinajstić information content (AvgIpc) is 3.47. The number of carbonyl (C=O) groups is 2. The van der Waals surface area contributed by atoms with E-state index < -0.39 is 34.3 Å². The molecule has 1 aliphatic carbocycles. The van der Waals surface area contributed by atoms with Crippen molar-refractivity contribution in [3.8, 4) is 0 Å². The summed E-state index contributed by atoms with van der Waals surface area (Å²) in [5.41, 5.74) is 0.737. The molecule has 1 saturated carbocycles. The summed E-state index contributed by atoms with van der Waals surface area (Å²) >= 11 is 12.1. The predicted molar refractivity (Wildman–Crippen MR) is 159 cm³/mol. The van der Waals surface area contributed by atoms with Crippen molar-refractivity contribution in [2.45, 2.75) is 62.6 Å². The van der Waals surface area contributed by atoms with Gasteiger partial charge in [-0.3, -0.25) is 13.9 Å². The molecule has 11 heteroatoms. The van der Waals surface area contributed by atoms with Gasteiger partial charge in [0, 0.05) is 17.6 Å². The minimum absolute atomic E-state index is 0.0171. The van der Waals surface area contributed by atoms with E-state index in [0.29, 0.717) is 11.4 Å². The molecule has 0 radical (unpaired) electrons. The second-order valence-corrected chi connectivity index (χ2v) is 12.7. The maximum Gasteiger partial charge on any atom is 0.264 e. The second kappa shape index (κ2) is 13.7. The molecule has 0 saturated heterocycles. The first kappa shape index (κ1) is 30.8. The highest BCUT2D eigenvalue weighted by molar-refractivity contribution is 7.92. The number of rotatable bonds is 11. The molecule has 0 aliphatic heterocycles. The second-order valence-electron chi connectivity index (χ2n) is 9.99. The van der Waals surface area contributed by atoms with Gasteiger partial charge in [0.1, 0.15) is 18.4 Å². The summed E-state index contributed by atoms with van der Waals surface area (Å²) in [5, 5.41) is 3.30. The van der Waals surface area contributed by atoms with Gasteiger partial charge in [-0.2, -0.15) is 0 Å². The molecule has 218 valence electrons. The molecule has 1 N–H and O–H groups in total. The Hall–Kier alpha value is -3.14. The Balaban J connectivity index is 1.72. The van der Waals surface area contributed by atoms with Crippen molar-refractivity contribution in [2.75, 3.05) is 10.8 Å². The molecular formula is C30H32Cl2FN3O4S. The van der Waals surface area contributed by atoms with Gasteiger partial charge in [0.25, 0.3) is 10.0 Å². The van der Waals surface area contributed by atoms with Gasteiger partial charge in [-0.1, -0.05) is 73.3 Å². The van der Waals surface area contributed by atoms with E-state index in [0.717, 1.165) is 47.7 Å². The number of hydrogen-bond acceptors (Lipinski definition) is 4. The molecule has 0 bridgehead atoms. The molecule has 1 atom stereocenters. The lowest BCUT2D eigenvalue weighted by molar-refractivity contribution is -0.140. The number of nitrogens with zero attached hydrogens (tertiary/aromatic N) is 2. The zero-order valence-electron chi connectivity index (χ0n) is 22.6. The van der Waals surface area contributed by atoms with Crippen LogP contribution in [0, 0.1) is 5.82 Å². The number of carbonyl (C=O) groups excluding carboxylic acids is 2. The van der Waals surface area contributed by atoms with Gasteiger partial charge in [0.2, 0.25) is 11.8 Å². The highest BCUT2D eigenvalue weighted by atomic mass is 35.5. The van der Waals surface area contributed by atoms with E-state index >= 15 is 0 Å². The summed E-state index contributed by atoms with van der Waals surface area (Å²) in [5.74, 6) is -1.62. The molecule has 0 heterocycles. The van der Waals surface area contributed by atoms with E-state index in [4.69, 9.17) is 23.2 Å². The number of hydrogen-bond donors (Lipinski definition) is 1. The summed E-state index contributed by atoms with van der Waals surface area (Å²) in [6.45, 7) is 1.22. The molecule has 3 aromatic carbocycles. The smallest absolute Gasteiger partial charge is 0.264 e. The van der Waals surface area contributed by atoms with Crippen molar-refractivity contribution in [1.82, 2.24) is 10.2 Å². The number of benzene rings is 3. The normalized spacial score (nSPS) is 14.4. The maximum absolute atomic E-state index is 14.1. The molecular weight excluding hydrogens is 588 g/mol. The lowest BCUT2D eigenvalue weighted by Gasteiger charge is -2.33. The quantitative estimate of drug-likeness (QED) is 0.277. The number of sulfonamides is 1. The van der Waals surface area contributed by atoms with Gasteiger partial charge < -0.3 is 10.2 Å². The zero-order chi connectivity index (χ0) is 29.6. The predicted octanol–water partition coefficient (Wildman–Crippen LogP) is 6.19. The molecule has 1 fully saturated rings. The monoisotopic (exact) mass is 619 g/mol. The van der Waals surface area contributed by atoms with Crippen molar-refractivity contribution < 1.29 is 22.4 Å². The Morgan fingerprint density at radius 1 is 1.00 bits per heavy atom. The highest BCUT2D eigenvalue weighted by Crippen LogP contribution is 2.28. The molecule has 1 aliphatic rings. The third-order valence-electron chi connectivity index (χ3n) is 7.15. The molecule has 7 nitrogen and oxygen atoms in total. The van der Waals surface area contributed by atoms with E-state index in [2.05, 4.69) is 5.32 Å². The van der Waals surface area contributed by atoms with E-state index in [1.54, 1.807) is 49.4 Å². The standard InChI is InChI=1S/C30H32Cl2FN3O4S/c1-2-28(30(38)34-23-8-6-7-9-23)35(19-21-12-14-22(31)15-13-21)29(37)20-36(24-16-17-27(33)26(32)18-24)41(39,40)25-10-4-3-5-11-25/h3-5,10-18,23,28H,2,6-9,19-20H2,1H3,(H,34,38)/t28-/m0/s1. The van der Waals surface area contributed by atoms with E-state index in [1.165, 1.54) is 23.1 Å². The van der Waals surface area contributed by atoms with Crippen molar-refractivity contribution in [2.24, 2.45) is 0 Å². The molecule has 0 spiro atoms. The first-order valence-electron chi connectivity index (χ1n) is 13.5. The van der Waals surface area contributed by atoms with Crippen LogP contribution in [0.15, 0.2) is 77.7 Å². The molecule has 2 amide bonds. The Morgan fingerprint density at radius 2 is 1.66 bits per heavy atom. The van der Waals surface area contributed by atoms with Crippen LogP contribution in [-0.2, 0) is 26.2 Å². The molecule has 3 aromatic rings. The minimum atomic E-state index is -4.28. The zero-order valence-corrected chi connectivity index (χ0v) is 24.9. The van der Waals surface area contributed by atoms with Gasteiger partial charge in [-0.15, -0.1) is 0 Å². The third-order valence-corrected chi connectivity index (χ3v) is 9.48. The van der Waals surface area contributed by atoms with Crippen LogP contribution < -0.4 is 9.62 Å². The summed E-state index contributed by atoms with van der Waals surface area (Å²) in [6.07, 6.45) is 4.12. The van der Waals surface area contributed by atoms with Crippen molar-refractivity contribution in [1.29, 1.82) is 0 Å². The Morgan fingerprint density at radius 3 is 2.27 bits per heavy atom. The van der Waals surface area contributed by atoms with Crippen LogP contribution in [0.3, 0.4) is 0 Å². The van der Waals surface area contributed by atoms with Crippen molar-refractivity contribution in [3.05, 3.63) is 94.2 Å². The molecule has 4 rings (SSSR count). The van der Waals surface area contributed by atoms with Gasteiger partial charge in [-0.25, -0.2) is 12.8 Å². The van der Waals surface area contributed by atoms with E-state index in [9.17, 15) is 22.4 Å². The Kier molecular flexibility index (Phi) is 10.3. The first-order chi connectivity index (χ1) is 19.6. The van der Waals surface area contributed by atoms with Crippen LogP contribution in [0.5, 0.6) is 0 Å². The highest BCUT2D eigenvalue weighted by Gasteiger charge is 2.34. The fourth-order valence-electron chi connectivity index (χ4n) is 4.96. The third kappa shape index (κ3) is 7.58. The number of amides is 2. The Labute approximate surface area is 250 Å². The average molecular weight is 621 g/mol. The summed E-state index contributed by atoms with van der Waals surface area (Å²) in [7, 11) is -4.28. The van der Waals surface area contributed by atoms with Crippen molar-refractivity contribution in [3.63, 3.8) is 0 Å². The van der Waals surface area contributed by atoms with Gasteiger partial charge in [0.15, 0.2) is 0 Å². The number of anilines is 1. The van der Waals surface area contributed by atoms with Crippen LogP contribution in [0.1, 0.15) is 44.6 Å². The van der Waals surface area contributed by atoms with Crippen LogP contribution in [-0.4, -0.2) is 43.8 Å². The van der Waals surface area contributed by atoms with Crippen LogP contribution >= 0.6 is 23.2 Å². The van der Waals surface area contributed by atoms with E-state index in [-0.39, 0.29) is 34.1 Å². The summed E-state index contributed by atoms with van der Waals surface area (Å²) < 4.78 is 42.5. The lowest BCUT2D eigenvalue weighted by atomic mass is 10.1. The van der Waals surface area contributed by atoms with Crippen LogP contribution in [0.2, 0.25) is 10.0 Å². The van der Waals surface area contributed by atoms with Gasteiger partial charge >= 0.3 is 0 Å². The van der Waals surface area contributed by atoms with Crippen LogP contribution in [0.4, 0.5) is 10.1 Å². The number of nitrogens with one attached hydrogen (secondary N) is 1. The SMILES string of the molecule is CC[C@@H](C(=O)NC1CCCC1)N(Cc1ccc(Cl)cc1)C(=O)CN(c1ccc(F)c(Cl)c1)S(=O)(=O)c1ccccc1. The summed E-state index contributed by atoms with van der Waals surface area (Å²) in [4.78, 5) is 28.9. The topological polar surface area (TPSA) is 86.8 Å². The maximum atomic E-state index is 14.1. The molecule has 0 unspecified atom stereocenters. The fraction of sp³-hybridized carbons (Fsp3) is 0.333. The van der Waals surface area contributed by atoms with Crippen LogP contribution in [0.25, 0.3) is 0 Å². The van der Waals surface area contributed by atoms with Gasteiger partial charge in [0.05, 0.1) is 15.6 Å². The largest absolute Gasteiger partial charge is 0.352 e. The fourth-order valence-corrected chi connectivity index (χ4v) is 6.69. The lowest BCUT2D eigenvalue weighted by Crippen LogP contribution is -2.53. The summed E-state index contributed by atoms with van der Waals surface area (Å²) in [6, 6.07) is 17.2. The Bertz CT molecular complexity index is 1470. The molecule has 41 heavy (non-hydrogen) atoms. The first-order valence-corrected chi connectivity index (χ1v) is 15.7. The van der Waals surface area contributed by atoms with Crippen molar-refractivity contribution >= 4 is 50.7 Å². The van der Waals surface area contributed by atoms with E-state index in [1.807, 2.05) is 0 Å². The minimum Gasteiger partial charge on any atom is -0.352 e. The number of halogens is 3. The van der Waals surface area contributed by atoms with Gasteiger partial charge in [-0.05, 0) is 67.3 Å².